The molecule has 1 aromatic rings. The fourth-order valence-corrected chi connectivity index (χ4v) is 1.64. The van der Waals surface area contributed by atoms with Crippen molar-refractivity contribution in [3.05, 3.63) is 39.7 Å². The van der Waals surface area contributed by atoms with Crippen molar-refractivity contribution < 1.29 is 23.6 Å². The Morgan fingerprint density at radius 2 is 2.15 bits per heavy atom. The van der Waals surface area contributed by atoms with Crippen LogP contribution in [0.1, 0.15) is 12.5 Å². The van der Waals surface area contributed by atoms with Gasteiger partial charge in [-0.05, 0) is 11.6 Å². The zero-order valence-corrected chi connectivity index (χ0v) is 10.9. The average molecular weight is 284 g/mol. The van der Waals surface area contributed by atoms with E-state index < -0.39 is 34.3 Å². The summed E-state index contributed by atoms with van der Waals surface area (Å²) >= 11 is 0. The lowest BCUT2D eigenvalue weighted by molar-refractivity contribution is -0.387. The number of amides is 1. The molecule has 20 heavy (non-hydrogen) atoms. The Hall–Kier alpha value is -2.51. The molecule has 1 atom stereocenters. The van der Waals surface area contributed by atoms with E-state index in [9.17, 15) is 24.1 Å². The van der Waals surface area contributed by atoms with Crippen LogP contribution in [0.3, 0.4) is 0 Å². The van der Waals surface area contributed by atoms with Crippen LogP contribution in [0.4, 0.5) is 10.1 Å². The Bertz CT molecular complexity index is 547. The number of ether oxygens (including phenoxy) is 1. The first-order valence-corrected chi connectivity index (χ1v) is 5.63. The number of methoxy groups -OCH3 is 1. The number of nitrogens with zero attached hydrogens (tertiary/aromatic N) is 1. The van der Waals surface area contributed by atoms with E-state index >= 15 is 0 Å². The third kappa shape index (κ3) is 4.01. The van der Waals surface area contributed by atoms with Crippen LogP contribution in [0.5, 0.6) is 0 Å². The molecule has 0 aromatic heterocycles. The molecule has 7 nitrogen and oxygen atoms in total. The fraction of sp³-hybridized carbons (Fsp3) is 0.333. The van der Waals surface area contributed by atoms with Crippen LogP contribution in [0.25, 0.3) is 0 Å². The van der Waals surface area contributed by atoms with E-state index in [2.05, 4.69) is 10.1 Å². The SMILES string of the molecule is COC(=O)[C@H](Cc1ccc(F)c([N+](=O)[O-])c1)NC(C)=O. The van der Waals surface area contributed by atoms with Gasteiger partial charge >= 0.3 is 11.7 Å². The van der Waals surface area contributed by atoms with Crippen LogP contribution in [-0.2, 0) is 20.7 Å². The van der Waals surface area contributed by atoms with Crippen LogP contribution in [0, 0.1) is 15.9 Å². The van der Waals surface area contributed by atoms with Gasteiger partial charge in [-0.2, -0.15) is 4.39 Å². The van der Waals surface area contributed by atoms with Crippen LogP contribution in [0.2, 0.25) is 0 Å². The molecular weight excluding hydrogens is 271 g/mol. The van der Waals surface area contributed by atoms with E-state index in [1.807, 2.05) is 0 Å². The van der Waals surface area contributed by atoms with Gasteiger partial charge < -0.3 is 10.1 Å². The van der Waals surface area contributed by atoms with Crippen molar-refractivity contribution >= 4 is 17.6 Å². The standard InChI is InChI=1S/C12H13FN2O5/c1-7(16)14-10(12(17)20-2)5-8-3-4-9(13)11(6-8)15(18)19/h3-4,6,10H,5H2,1-2H3,(H,14,16)/t10-/m0/s1. The Labute approximate surface area is 113 Å². The average Bonchev–Trinajstić information content (AvgIpc) is 2.38. The van der Waals surface area contributed by atoms with Crippen LogP contribution >= 0.6 is 0 Å². The third-order valence-corrected chi connectivity index (χ3v) is 2.51. The molecule has 0 heterocycles. The molecule has 0 saturated carbocycles. The summed E-state index contributed by atoms with van der Waals surface area (Å²) in [6.07, 6.45) is -0.0344. The Kier molecular flexibility index (Phi) is 5.13. The highest BCUT2D eigenvalue weighted by Crippen LogP contribution is 2.19. The number of rotatable bonds is 5. The lowest BCUT2D eigenvalue weighted by atomic mass is 10.0. The first-order valence-electron chi connectivity index (χ1n) is 5.63. The highest BCUT2D eigenvalue weighted by molar-refractivity contribution is 5.83. The molecule has 0 saturated heterocycles. The molecular formula is C12H13FN2O5. The molecule has 0 fully saturated rings. The summed E-state index contributed by atoms with van der Waals surface area (Å²) in [6.45, 7) is 1.23. The van der Waals surface area contributed by atoms with Crippen molar-refractivity contribution in [1.82, 2.24) is 5.32 Å². The Morgan fingerprint density at radius 3 is 2.65 bits per heavy atom. The van der Waals surface area contributed by atoms with Crippen LogP contribution in [0.15, 0.2) is 18.2 Å². The van der Waals surface area contributed by atoms with Crippen LogP contribution < -0.4 is 5.32 Å². The maximum absolute atomic E-state index is 13.2. The minimum absolute atomic E-state index is 0.0344. The van der Waals surface area contributed by atoms with Gasteiger partial charge in [-0.25, -0.2) is 4.79 Å². The molecule has 108 valence electrons. The van der Waals surface area contributed by atoms with Crippen LogP contribution in [-0.4, -0.2) is 30.0 Å². The molecule has 0 aliphatic carbocycles. The smallest absolute Gasteiger partial charge is 0.328 e. The van der Waals surface area contributed by atoms with Crippen molar-refractivity contribution in [3.63, 3.8) is 0 Å². The van der Waals surface area contributed by atoms with E-state index in [4.69, 9.17) is 0 Å². The first kappa shape index (κ1) is 15.5. The number of benzene rings is 1. The number of carbonyl (C=O) groups is 2. The second kappa shape index (κ2) is 6.60. The van der Waals surface area contributed by atoms with E-state index in [0.29, 0.717) is 5.56 Å². The minimum Gasteiger partial charge on any atom is -0.467 e. The molecule has 0 unspecified atom stereocenters. The van der Waals surface area contributed by atoms with Crippen molar-refractivity contribution in [2.75, 3.05) is 7.11 Å². The van der Waals surface area contributed by atoms with Gasteiger partial charge in [0.1, 0.15) is 6.04 Å². The van der Waals surface area contributed by atoms with E-state index in [1.165, 1.54) is 13.0 Å². The number of hydrogen-bond acceptors (Lipinski definition) is 5. The number of hydrogen-bond donors (Lipinski definition) is 1. The third-order valence-electron chi connectivity index (χ3n) is 2.51. The van der Waals surface area contributed by atoms with Crippen molar-refractivity contribution in [1.29, 1.82) is 0 Å². The number of nitro benzene ring substituents is 1. The molecule has 1 amide bonds. The monoisotopic (exact) mass is 284 g/mol. The van der Waals surface area contributed by atoms with Crippen molar-refractivity contribution in [2.45, 2.75) is 19.4 Å². The van der Waals surface area contributed by atoms with Gasteiger partial charge in [0.25, 0.3) is 0 Å². The highest BCUT2D eigenvalue weighted by Gasteiger charge is 2.22. The summed E-state index contributed by atoms with van der Waals surface area (Å²) in [5.74, 6) is -2.10. The minimum atomic E-state index is -0.984. The summed E-state index contributed by atoms with van der Waals surface area (Å²) in [4.78, 5) is 32.3. The van der Waals surface area contributed by atoms with Crippen molar-refractivity contribution in [3.8, 4) is 0 Å². The summed E-state index contributed by atoms with van der Waals surface area (Å²) < 4.78 is 17.7. The highest BCUT2D eigenvalue weighted by atomic mass is 19.1. The number of nitro groups is 1. The zero-order valence-electron chi connectivity index (χ0n) is 10.9. The summed E-state index contributed by atoms with van der Waals surface area (Å²) in [5, 5.41) is 13.0. The van der Waals surface area contributed by atoms with Gasteiger partial charge in [0.05, 0.1) is 12.0 Å². The molecule has 0 aliphatic heterocycles. The molecule has 1 aromatic carbocycles. The van der Waals surface area contributed by atoms with Gasteiger partial charge in [-0.15, -0.1) is 0 Å². The topological polar surface area (TPSA) is 98.5 Å². The van der Waals surface area contributed by atoms with Gasteiger partial charge in [-0.1, -0.05) is 6.07 Å². The number of halogens is 1. The quantitative estimate of drug-likeness (QED) is 0.493. The molecule has 0 bridgehead atoms. The van der Waals surface area contributed by atoms with E-state index in [-0.39, 0.29) is 6.42 Å². The number of nitrogens with one attached hydrogen (secondary N) is 1. The summed E-state index contributed by atoms with van der Waals surface area (Å²) in [7, 11) is 1.16. The van der Waals surface area contributed by atoms with Gasteiger partial charge in [0, 0.05) is 19.4 Å². The second-order valence-corrected chi connectivity index (χ2v) is 4.02. The van der Waals surface area contributed by atoms with Crippen molar-refractivity contribution in [2.24, 2.45) is 0 Å². The Balaban J connectivity index is 2.99. The van der Waals surface area contributed by atoms with Gasteiger partial charge in [-0.3, -0.25) is 14.9 Å². The maximum atomic E-state index is 13.2. The maximum Gasteiger partial charge on any atom is 0.328 e. The largest absolute Gasteiger partial charge is 0.467 e. The van der Waals surface area contributed by atoms with E-state index in [1.54, 1.807) is 0 Å². The molecule has 1 rings (SSSR count). The second-order valence-electron chi connectivity index (χ2n) is 4.02. The summed E-state index contributed by atoms with van der Waals surface area (Å²) in [5.41, 5.74) is -0.351. The molecule has 0 aliphatic rings. The first-order chi connectivity index (χ1) is 9.35. The molecule has 1 N–H and O–H groups in total. The predicted octanol–water partition coefficient (Wildman–Crippen LogP) is 0.954. The molecule has 8 heteroatoms. The lowest BCUT2D eigenvalue weighted by Crippen LogP contribution is -2.42. The normalized spacial score (nSPS) is 11.6. The zero-order chi connectivity index (χ0) is 15.3. The molecule has 0 radical (unpaired) electrons. The Morgan fingerprint density at radius 1 is 1.50 bits per heavy atom. The van der Waals surface area contributed by atoms with E-state index in [0.717, 1.165) is 19.2 Å². The number of esters is 1. The van der Waals surface area contributed by atoms with Gasteiger partial charge in [0.15, 0.2) is 0 Å². The predicted molar refractivity (Wildman–Crippen MR) is 66.4 cm³/mol. The van der Waals surface area contributed by atoms with Gasteiger partial charge in [0.2, 0.25) is 11.7 Å². The summed E-state index contributed by atoms with van der Waals surface area (Å²) in [6, 6.07) is 2.28. The molecule has 0 spiro atoms. The fourth-order valence-electron chi connectivity index (χ4n) is 1.64. The number of carbonyl (C=O) groups excluding carboxylic acids is 2. The lowest BCUT2D eigenvalue weighted by Gasteiger charge is -2.15.